The Balaban J connectivity index is 3.58. The van der Waals surface area contributed by atoms with E-state index in [1.165, 1.54) is 23.7 Å². The van der Waals surface area contributed by atoms with Crippen molar-refractivity contribution in [3.8, 4) is 0 Å². The van der Waals surface area contributed by atoms with E-state index in [9.17, 15) is 4.57 Å². The van der Waals surface area contributed by atoms with Gasteiger partial charge in [-0.2, -0.15) is 16.3 Å². The summed E-state index contributed by atoms with van der Waals surface area (Å²) in [7, 11) is -3.02. The van der Waals surface area contributed by atoms with Crippen molar-refractivity contribution >= 4 is 31.2 Å². The fourth-order valence-corrected chi connectivity index (χ4v) is 3.57. The fourth-order valence-electron chi connectivity index (χ4n) is 0.344. The van der Waals surface area contributed by atoms with Gasteiger partial charge < -0.3 is 4.89 Å². The molecule has 0 rings (SSSR count). The summed E-state index contributed by atoms with van der Waals surface area (Å²) in [5.74, 6) is 0. The summed E-state index contributed by atoms with van der Waals surface area (Å²) >= 11 is 2.53. The number of thioether (sulfide) groups is 1. The summed E-state index contributed by atoms with van der Waals surface area (Å²) < 4.78 is 13.2. The molecular formula is C3H10NO2PS2. The van der Waals surface area contributed by atoms with E-state index in [0.717, 1.165) is 0 Å². The van der Waals surface area contributed by atoms with Gasteiger partial charge in [-0.25, -0.2) is 0 Å². The standard InChI is InChI=1S/C3H10NO2PS2/c1-8-3-7(5,6)4-9-2/h3H2,1-2H3,(H2,4,5,6). The Kier molecular flexibility index (Phi) is 5.07. The first-order chi connectivity index (χ1) is 4.12. The molecule has 0 amide bonds. The van der Waals surface area contributed by atoms with E-state index in [-0.39, 0.29) is 5.49 Å². The van der Waals surface area contributed by atoms with E-state index in [2.05, 4.69) is 4.49 Å². The quantitative estimate of drug-likeness (QED) is 0.514. The van der Waals surface area contributed by atoms with Gasteiger partial charge in [0.05, 0.1) is 5.49 Å². The Hall–Kier alpha value is 0.850. The van der Waals surface area contributed by atoms with Crippen LogP contribution in [0.1, 0.15) is 0 Å². The molecule has 3 nitrogen and oxygen atoms in total. The lowest BCUT2D eigenvalue weighted by atomic mass is 11.9. The maximum atomic E-state index is 10.8. The number of rotatable bonds is 4. The molecular weight excluding hydrogens is 177 g/mol. The zero-order chi connectivity index (χ0) is 7.33. The van der Waals surface area contributed by atoms with Crippen molar-refractivity contribution in [3.05, 3.63) is 0 Å². The molecule has 0 bridgehead atoms. The molecule has 1 atom stereocenters. The SMILES string of the molecule is CSCP(=O)(O)NSC. The molecule has 0 aromatic heterocycles. The zero-order valence-corrected chi connectivity index (χ0v) is 7.85. The van der Waals surface area contributed by atoms with Gasteiger partial charge in [-0.3, -0.25) is 4.57 Å². The van der Waals surface area contributed by atoms with Gasteiger partial charge in [-0.1, -0.05) is 11.9 Å². The van der Waals surface area contributed by atoms with Crippen molar-refractivity contribution in [2.24, 2.45) is 0 Å². The lowest BCUT2D eigenvalue weighted by Gasteiger charge is -2.07. The molecule has 1 unspecified atom stereocenters. The maximum Gasteiger partial charge on any atom is 0.286 e. The molecule has 0 spiro atoms. The molecule has 0 saturated carbocycles. The average Bonchev–Trinajstić information content (AvgIpc) is 1.64. The van der Waals surface area contributed by atoms with Gasteiger partial charge in [0.15, 0.2) is 0 Å². The predicted molar refractivity (Wildman–Crippen MR) is 44.9 cm³/mol. The topological polar surface area (TPSA) is 49.3 Å². The Morgan fingerprint density at radius 1 is 1.67 bits per heavy atom. The van der Waals surface area contributed by atoms with Crippen molar-refractivity contribution < 1.29 is 9.46 Å². The van der Waals surface area contributed by atoms with E-state index >= 15 is 0 Å². The van der Waals surface area contributed by atoms with Crippen molar-refractivity contribution in [2.45, 2.75) is 0 Å². The molecule has 0 aromatic carbocycles. The first-order valence-electron chi connectivity index (χ1n) is 2.23. The molecule has 0 saturated heterocycles. The summed E-state index contributed by atoms with van der Waals surface area (Å²) in [6.45, 7) is 0. The van der Waals surface area contributed by atoms with Crippen LogP contribution in [0, 0.1) is 0 Å². The highest BCUT2D eigenvalue weighted by atomic mass is 32.2. The molecule has 0 aliphatic heterocycles. The van der Waals surface area contributed by atoms with Crippen molar-refractivity contribution in [2.75, 3.05) is 18.0 Å². The van der Waals surface area contributed by atoms with Crippen molar-refractivity contribution in [1.29, 1.82) is 0 Å². The summed E-state index contributed by atoms with van der Waals surface area (Å²) in [6, 6.07) is 0. The predicted octanol–water partition coefficient (Wildman–Crippen LogP) is 1.36. The molecule has 0 radical (unpaired) electrons. The third-order valence-corrected chi connectivity index (χ3v) is 4.84. The Morgan fingerprint density at radius 2 is 2.22 bits per heavy atom. The van der Waals surface area contributed by atoms with Gasteiger partial charge in [0.2, 0.25) is 0 Å². The summed E-state index contributed by atoms with van der Waals surface area (Å²) in [5, 5.41) is 0. The average molecular weight is 187 g/mol. The van der Waals surface area contributed by atoms with Gasteiger partial charge in [-0.05, 0) is 12.5 Å². The molecule has 0 aromatic rings. The van der Waals surface area contributed by atoms with E-state index in [1.807, 2.05) is 0 Å². The second kappa shape index (κ2) is 4.63. The van der Waals surface area contributed by atoms with Crippen molar-refractivity contribution in [1.82, 2.24) is 4.49 Å². The van der Waals surface area contributed by atoms with Crippen LogP contribution in [0.15, 0.2) is 0 Å². The van der Waals surface area contributed by atoms with E-state index in [4.69, 9.17) is 4.89 Å². The number of hydrogen-bond acceptors (Lipinski definition) is 3. The molecule has 0 aliphatic rings. The van der Waals surface area contributed by atoms with Gasteiger partial charge >= 0.3 is 0 Å². The molecule has 0 fully saturated rings. The van der Waals surface area contributed by atoms with Crippen LogP contribution in [-0.4, -0.2) is 22.9 Å². The highest BCUT2D eigenvalue weighted by Gasteiger charge is 2.14. The van der Waals surface area contributed by atoms with Crippen LogP contribution in [0.4, 0.5) is 0 Å². The number of nitrogens with one attached hydrogen (secondary N) is 1. The second-order valence-corrected chi connectivity index (χ2v) is 5.57. The van der Waals surface area contributed by atoms with E-state index in [0.29, 0.717) is 0 Å². The third-order valence-electron chi connectivity index (χ3n) is 0.538. The summed E-state index contributed by atoms with van der Waals surface area (Å²) in [5.41, 5.74) is 0.272. The fraction of sp³-hybridized carbons (Fsp3) is 1.00. The Bertz CT molecular complexity index is 110. The van der Waals surface area contributed by atoms with Crippen LogP contribution < -0.4 is 4.49 Å². The lowest BCUT2D eigenvalue weighted by Crippen LogP contribution is -1.99. The highest BCUT2D eigenvalue weighted by molar-refractivity contribution is 8.07. The van der Waals surface area contributed by atoms with Gasteiger partial charge in [-0.15, -0.1) is 0 Å². The van der Waals surface area contributed by atoms with Crippen LogP contribution in [0.3, 0.4) is 0 Å². The van der Waals surface area contributed by atoms with Gasteiger partial charge in [0.25, 0.3) is 7.52 Å². The van der Waals surface area contributed by atoms with Crippen LogP contribution in [0.2, 0.25) is 0 Å². The smallest absolute Gasteiger partial charge is 0.286 e. The van der Waals surface area contributed by atoms with Gasteiger partial charge in [0, 0.05) is 0 Å². The molecule has 0 aliphatic carbocycles. The molecule has 9 heavy (non-hydrogen) atoms. The maximum absolute atomic E-state index is 10.8. The minimum absolute atomic E-state index is 0.272. The normalized spacial score (nSPS) is 17.2. The zero-order valence-electron chi connectivity index (χ0n) is 5.33. The summed E-state index contributed by atoms with van der Waals surface area (Å²) in [6.07, 6.45) is 3.52. The van der Waals surface area contributed by atoms with E-state index in [1.54, 1.807) is 12.5 Å². The first-order valence-corrected chi connectivity index (χ1v) is 6.70. The molecule has 56 valence electrons. The largest absolute Gasteiger partial charge is 0.332 e. The first kappa shape index (κ1) is 9.85. The Labute approximate surface area is 63.6 Å². The van der Waals surface area contributed by atoms with Crippen LogP contribution in [0.25, 0.3) is 0 Å². The second-order valence-electron chi connectivity index (χ2n) is 1.41. The number of hydrogen-bond donors (Lipinski definition) is 2. The molecule has 6 heteroatoms. The van der Waals surface area contributed by atoms with E-state index < -0.39 is 7.52 Å². The minimum Gasteiger partial charge on any atom is -0.332 e. The van der Waals surface area contributed by atoms with Crippen LogP contribution in [0.5, 0.6) is 0 Å². The van der Waals surface area contributed by atoms with Gasteiger partial charge in [0.1, 0.15) is 0 Å². The van der Waals surface area contributed by atoms with Crippen LogP contribution in [-0.2, 0) is 4.57 Å². The van der Waals surface area contributed by atoms with Crippen LogP contribution >= 0.6 is 31.2 Å². The molecule has 2 N–H and O–H groups in total. The lowest BCUT2D eigenvalue weighted by molar-refractivity contribution is 0.481. The molecule has 0 heterocycles. The third kappa shape index (κ3) is 5.30. The summed E-state index contributed by atoms with van der Waals surface area (Å²) in [4.78, 5) is 8.92. The monoisotopic (exact) mass is 187 g/mol. The van der Waals surface area contributed by atoms with Crippen molar-refractivity contribution in [3.63, 3.8) is 0 Å². The Morgan fingerprint density at radius 3 is 2.56 bits per heavy atom. The highest BCUT2D eigenvalue weighted by Crippen LogP contribution is 2.40. The minimum atomic E-state index is -3.02.